The molecule has 1 aromatic rings. The zero-order chi connectivity index (χ0) is 18.3. The summed E-state index contributed by atoms with van der Waals surface area (Å²) in [6.45, 7) is 0.779. The molecule has 1 saturated carbocycles. The van der Waals surface area contributed by atoms with E-state index < -0.39 is 23.3 Å². The molecule has 0 unspecified atom stereocenters. The summed E-state index contributed by atoms with van der Waals surface area (Å²) < 4.78 is 16.0. The van der Waals surface area contributed by atoms with E-state index in [0.717, 1.165) is 17.7 Å². The number of carbonyl (C=O) groups excluding carboxylic acids is 2. The third-order valence-corrected chi connectivity index (χ3v) is 6.87. The minimum atomic E-state index is -1.03. The highest BCUT2D eigenvalue weighted by atomic mass is 16.7. The number of hydrogen-bond acceptors (Lipinski definition) is 7. The van der Waals surface area contributed by atoms with Crippen molar-refractivity contribution in [2.24, 2.45) is 0 Å². The topological polar surface area (TPSA) is 85.3 Å². The number of likely N-dealkylation sites (N-methyl/N-ethyl adjacent to an activating group) is 1. The number of methoxy groups -OCH3 is 1. The molecule has 4 aliphatic rings. The number of carbonyl (C=O) groups is 2. The summed E-state index contributed by atoms with van der Waals surface area (Å²) in [6.07, 6.45) is 0.476. The van der Waals surface area contributed by atoms with Crippen LogP contribution in [0.4, 0.5) is 4.79 Å². The summed E-state index contributed by atoms with van der Waals surface area (Å²) >= 11 is 0. The molecule has 1 saturated heterocycles. The Bertz CT molecular complexity index is 838. The Balaban J connectivity index is 1.76. The van der Waals surface area contributed by atoms with E-state index in [-0.39, 0.29) is 17.6 Å². The molecule has 26 heavy (non-hydrogen) atoms. The maximum Gasteiger partial charge on any atom is 0.513 e. The van der Waals surface area contributed by atoms with Gasteiger partial charge in [-0.25, -0.2) is 4.79 Å². The maximum atomic E-state index is 12.8. The molecular weight excluding hydrogens is 338 g/mol. The molecule has 1 aromatic carbocycles. The number of ketones is 1. The minimum Gasteiger partial charge on any atom is -0.477 e. The zero-order valence-corrected chi connectivity index (χ0v) is 14.8. The second kappa shape index (κ2) is 4.98. The Morgan fingerprint density at radius 2 is 2.19 bits per heavy atom. The number of Topliss-reactive ketones (excluding diaryl/α,β-unsaturated/α-hetero) is 1. The van der Waals surface area contributed by atoms with Crippen molar-refractivity contribution in [1.82, 2.24) is 4.90 Å². The predicted molar refractivity (Wildman–Crippen MR) is 89.5 cm³/mol. The van der Waals surface area contributed by atoms with Crippen LogP contribution in [0.15, 0.2) is 12.1 Å². The van der Waals surface area contributed by atoms with Crippen molar-refractivity contribution < 1.29 is 28.9 Å². The number of ether oxygens (including phenoxy) is 3. The predicted octanol–water partition coefficient (Wildman–Crippen LogP) is 1.18. The number of aliphatic hydroxyl groups is 1. The molecule has 0 aromatic heterocycles. The molecule has 0 radical (unpaired) electrons. The van der Waals surface area contributed by atoms with Crippen molar-refractivity contribution >= 4 is 11.9 Å². The lowest BCUT2D eigenvalue weighted by atomic mass is 9.49. The first-order valence-corrected chi connectivity index (χ1v) is 8.96. The lowest BCUT2D eigenvalue weighted by Gasteiger charge is -2.61. The Morgan fingerprint density at radius 1 is 1.38 bits per heavy atom. The summed E-state index contributed by atoms with van der Waals surface area (Å²) in [6, 6.07) is 3.54. The van der Waals surface area contributed by atoms with E-state index in [0.29, 0.717) is 31.4 Å². The average Bonchev–Trinajstić information content (AvgIpc) is 2.98. The van der Waals surface area contributed by atoms with Gasteiger partial charge in [-0.1, -0.05) is 6.07 Å². The number of benzene rings is 1. The highest BCUT2D eigenvalue weighted by Crippen LogP contribution is 2.64. The van der Waals surface area contributed by atoms with Crippen molar-refractivity contribution in [1.29, 1.82) is 0 Å². The molecule has 2 aliphatic heterocycles. The number of hydrogen-bond donors (Lipinski definition) is 1. The molecule has 2 aliphatic carbocycles. The van der Waals surface area contributed by atoms with Crippen molar-refractivity contribution in [2.75, 3.05) is 20.7 Å². The standard InChI is InChI=1S/C19H21NO6/c1-20-8-7-18-14-10-3-4-12(25-17(22)24-2)15(14)26-16(18)11(21)5-6-19(18,23)13(20)9-10/h3-4,13,16,23H,5-9H2,1-2H3/t13-,16+,18+,19-/m0/s1. The van der Waals surface area contributed by atoms with Crippen LogP contribution >= 0.6 is 0 Å². The molecule has 1 N–H and O–H groups in total. The van der Waals surface area contributed by atoms with Crippen LogP contribution in [0.3, 0.4) is 0 Å². The first kappa shape index (κ1) is 16.1. The van der Waals surface area contributed by atoms with Gasteiger partial charge in [0.2, 0.25) is 0 Å². The molecule has 2 heterocycles. The molecule has 7 heteroatoms. The van der Waals surface area contributed by atoms with E-state index >= 15 is 0 Å². The van der Waals surface area contributed by atoms with Gasteiger partial charge in [-0.05, 0) is 44.5 Å². The zero-order valence-electron chi connectivity index (χ0n) is 14.8. The third-order valence-electron chi connectivity index (χ3n) is 6.87. The lowest BCUT2D eigenvalue weighted by Crippen LogP contribution is -2.76. The summed E-state index contributed by atoms with van der Waals surface area (Å²) in [4.78, 5) is 26.6. The lowest BCUT2D eigenvalue weighted by molar-refractivity contribution is -0.185. The highest BCUT2D eigenvalue weighted by molar-refractivity contribution is 5.90. The second-order valence-corrected chi connectivity index (χ2v) is 7.79. The largest absolute Gasteiger partial charge is 0.513 e. The molecule has 138 valence electrons. The molecule has 2 fully saturated rings. The number of piperidine rings is 1. The summed E-state index contributed by atoms with van der Waals surface area (Å²) in [5.41, 5.74) is 0.109. The Labute approximate surface area is 150 Å². The van der Waals surface area contributed by atoms with Crippen molar-refractivity contribution in [2.45, 2.75) is 48.8 Å². The van der Waals surface area contributed by atoms with Crippen LogP contribution in [0.25, 0.3) is 0 Å². The van der Waals surface area contributed by atoms with E-state index in [2.05, 4.69) is 9.64 Å². The minimum absolute atomic E-state index is 0.00560. The highest BCUT2D eigenvalue weighted by Gasteiger charge is 2.72. The van der Waals surface area contributed by atoms with Crippen LogP contribution in [0.2, 0.25) is 0 Å². The Kier molecular flexibility index (Phi) is 3.08. The first-order chi connectivity index (χ1) is 12.4. The van der Waals surface area contributed by atoms with Gasteiger partial charge in [-0.3, -0.25) is 4.79 Å². The molecule has 4 atom stereocenters. The van der Waals surface area contributed by atoms with Crippen LogP contribution in [-0.2, 0) is 21.4 Å². The van der Waals surface area contributed by atoms with Gasteiger partial charge in [0.05, 0.1) is 18.1 Å². The summed E-state index contributed by atoms with van der Waals surface area (Å²) in [5, 5.41) is 11.8. The van der Waals surface area contributed by atoms with E-state index in [1.165, 1.54) is 7.11 Å². The quantitative estimate of drug-likeness (QED) is 0.595. The van der Waals surface area contributed by atoms with Crippen LogP contribution in [-0.4, -0.2) is 60.4 Å². The van der Waals surface area contributed by atoms with E-state index in [1.807, 2.05) is 13.1 Å². The molecular formula is C19H21NO6. The van der Waals surface area contributed by atoms with Crippen molar-refractivity contribution in [3.05, 3.63) is 23.3 Å². The van der Waals surface area contributed by atoms with Gasteiger partial charge in [0.25, 0.3) is 0 Å². The number of likely N-dealkylation sites (tertiary alicyclic amines) is 1. The third kappa shape index (κ3) is 1.66. The van der Waals surface area contributed by atoms with Gasteiger partial charge in [0, 0.05) is 18.0 Å². The van der Waals surface area contributed by atoms with Crippen LogP contribution in [0, 0.1) is 0 Å². The molecule has 0 amide bonds. The fraction of sp³-hybridized carbons (Fsp3) is 0.579. The second-order valence-electron chi connectivity index (χ2n) is 7.79. The number of nitrogens with zero attached hydrogens (tertiary/aromatic N) is 1. The van der Waals surface area contributed by atoms with Crippen molar-refractivity contribution in [3.63, 3.8) is 0 Å². The van der Waals surface area contributed by atoms with Gasteiger partial charge in [-0.15, -0.1) is 0 Å². The van der Waals surface area contributed by atoms with Gasteiger partial charge >= 0.3 is 6.16 Å². The molecule has 7 nitrogen and oxygen atoms in total. The Morgan fingerprint density at radius 3 is 2.96 bits per heavy atom. The van der Waals surface area contributed by atoms with Gasteiger partial charge in [-0.2, -0.15) is 0 Å². The van der Waals surface area contributed by atoms with Crippen LogP contribution in [0.5, 0.6) is 11.5 Å². The van der Waals surface area contributed by atoms with Gasteiger partial charge < -0.3 is 24.2 Å². The monoisotopic (exact) mass is 359 g/mol. The van der Waals surface area contributed by atoms with Crippen LogP contribution in [0.1, 0.15) is 30.4 Å². The fourth-order valence-electron chi connectivity index (χ4n) is 5.74. The first-order valence-electron chi connectivity index (χ1n) is 8.96. The van der Waals surface area contributed by atoms with Gasteiger partial charge in [0.1, 0.15) is 0 Å². The summed E-state index contributed by atoms with van der Waals surface area (Å²) in [5.74, 6) is 0.660. The molecule has 1 spiro atoms. The van der Waals surface area contributed by atoms with Crippen molar-refractivity contribution in [3.8, 4) is 11.5 Å². The smallest absolute Gasteiger partial charge is 0.477 e. The molecule has 2 bridgehead atoms. The Hall–Kier alpha value is -2.12. The average molecular weight is 359 g/mol. The van der Waals surface area contributed by atoms with E-state index in [1.54, 1.807) is 6.07 Å². The van der Waals surface area contributed by atoms with Crippen LogP contribution < -0.4 is 9.47 Å². The summed E-state index contributed by atoms with van der Waals surface area (Å²) in [7, 11) is 3.26. The van der Waals surface area contributed by atoms with E-state index in [9.17, 15) is 14.7 Å². The SMILES string of the molecule is COC(=O)Oc1ccc2c3c1O[C@@H]1C(=O)CC[C@]4(O)[C@H](C2)N(C)CC[C@@]314. The molecule has 5 rings (SSSR count). The number of rotatable bonds is 1. The fourth-order valence-corrected chi connectivity index (χ4v) is 5.74. The normalized spacial score (nSPS) is 37.0. The van der Waals surface area contributed by atoms with E-state index in [4.69, 9.17) is 9.47 Å². The maximum absolute atomic E-state index is 12.8. The van der Waals surface area contributed by atoms with Gasteiger partial charge in [0.15, 0.2) is 23.4 Å².